The predicted octanol–water partition coefficient (Wildman–Crippen LogP) is 3.62. The van der Waals surface area contributed by atoms with Crippen molar-refractivity contribution >= 4 is 10.9 Å². The second-order valence-electron chi connectivity index (χ2n) is 5.98. The zero-order valence-electron chi connectivity index (χ0n) is 13.1. The molecule has 1 N–H and O–H groups in total. The fourth-order valence-electron chi connectivity index (χ4n) is 3.11. The number of nitrogens with one attached hydrogen (secondary N) is 1. The Morgan fingerprint density at radius 2 is 2.10 bits per heavy atom. The van der Waals surface area contributed by atoms with Crippen molar-refractivity contribution in [2.75, 3.05) is 13.7 Å². The zero-order valence-corrected chi connectivity index (χ0v) is 13.1. The van der Waals surface area contributed by atoms with Gasteiger partial charge in [0.2, 0.25) is 0 Å². The lowest BCUT2D eigenvalue weighted by molar-refractivity contribution is 0.0512. The van der Waals surface area contributed by atoms with Crippen LogP contribution in [0, 0.1) is 12.8 Å². The average Bonchev–Trinajstić information content (AvgIpc) is 3.31. The number of ether oxygens (including phenoxy) is 1. The van der Waals surface area contributed by atoms with Crippen LogP contribution in [0.4, 0.5) is 0 Å². The van der Waals surface area contributed by atoms with Crippen LogP contribution >= 0.6 is 0 Å². The maximum absolute atomic E-state index is 5.80. The minimum absolute atomic E-state index is 0.262. The summed E-state index contributed by atoms with van der Waals surface area (Å²) in [5.41, 5.74) is 3.43. The van der Waals surface area contributed by atoms with Gasteiger partial charge in [-0.2, -0.15) is 0 Å². The standard InChI is InChI=1S/C18H24N2O/c1-4-19-17(18(21-3)13-7-8-13)15-9-10-16-14(11-15)6-5-12(2)20-16/h5-6,9-11,13,17-19H,4,7-8H2,1-3H3. The van der Waals surface area contributed by atoms with Gasteiger partial charge in [-0.1, -0.05) is 19.1 Å². The molecule has 0 radical (unpaired) electrons. The van der Waals surface area contributed by atoms with Crippen LogP contribution in [0.2, 0.25) is 0 Å². The van der Waals surface area contributed by atoms with E-state index in [9.17, 15) is 0 Å². The molecule has 2 unspecified atom stereocenters. The van der Waals surface area contributed by atoms with Gasteiger partial charge in [-0.05, 0) is 56.0 Å². The van der Waals surface area contributed by atoms with Crippen molar-refractivity contribution in [3.05, 3.63) is 41.6 Å². The van der Waals surface area contributed by atoms with Gasteiger partial charge in [0.25, 0.3) is 0 Å². The number of hydrogen-bond acceptors (Lipinski definition) is 3. The summed E-state index contributed by atoms with van der Waals surface area (Å²) < 4.78 is 5.80. The molecule has 1 heterocycles. The highest BCUT2D eigenvalue weighted by Gasteiger charge is 2.37. The highest BCUT2D eigenvalue weighted by molar-refractivity contribution is 5.79. The lowest BCUT2D eigenvalue weighted by Gasteiger charge is -2.27. The largest absolute Gasteiger partial charge is 0.379 e. The fraction of sp³-hybridized carbons (Fsp3) is 0.500. The second-order valence-corrected chi connectivity index (χ2v) is 5.98. The minimum Gasteiger partial charge on any atom is -0.379 e. The lowest BCUT2D eigenvalue weighted by Crippen LogP contribution is -2.34. The van der Waals surface area contributed by atoms with Crippen LogP contribution in [0.25, 0.3) is 10.9 Å². The van der Waals surface area contributed by atoms with Crippen LogP contribution < -0.4 is 5.32 Å². The number of nitrogens with zero attached hydrogens (tertiary/aromatic N) is 1. The summed E-state index contributed by atoms with van der Waals surface area (Å²) in [6, 6.07) is 11.1. The average molecular weight is 284 g/mol. The number of hydrogen-bond donors (Lipinski definition) is 1. The van der Waals surface area contributed by atoms with Gasteiger partial charge in [0.1, 0.15) is 0 Å². The van der Waals surface area contributed by atoms with E-state index in [1.54, 1.807) is 0 Å². The summed E-state index contributed by atoms with van der Waals surface area (Å²) in [6.07, 6.45) is 2.84. The molecule has 2 atom stereocenters. The summed E-state index contributed by atoms with van der Waals surface area (Å²) >= 11 is 0. The van der Waals surface area contributed by atoms with Crippen molar-refractivity contribution in [3.8, 4) is 0 Å². The number of pyridine rings is 1. The van der Waals surface area contributed by atoms with Crippen LogP contribution in [-0.2, 0) is 4.74 Å². The Morgan fingerprint density at radius 3 is 2.76 bits per heavy atom. The van der Waals surface area contributed by atoms with Crippen LogP contribution in [0.15, 0.2) is 30.3 Å². The fourth-order valence-corrected chi connectivity index (χ4v) is 3.11. The molecule has 0 amide bonds. The molecule has 112 valence electrons. The van der Waals surface area contributed by atoms with E-state index in [2.05, 4.69) is 47.6 Å². The predicted molar refractivity (Wildman–Crippen MR) is 86.4 cm³/mol. The molecule has 0 spiro atoms. The molecule has 0 saturated heterocycles. The Kier molecular flexibility index (Phi) is 4.22. The second kappa shape index (κ2) is 6.12. The molecular formula is C18H24N2O. The van der Waals surface area contributed by atoms with E-state index in [-0.39, 0.29) is 12.1 Å². The van der Waals surface area contributed by atoms with Crippen molar-refractivity contribution < 1.29 is 4.74 Å². The van der Waals surface area contributed by atoms with E-state index in [1.165, 1.54) is 23.8 Å². The number of aryl methyl sites for hydroxylation is 1. The third kappa shape index (κ3) is 3.09. The first-order chi connectivity index (χ1) is 10.2. The summed E-state index contributed by atoms with van der Waals surface area (Å²) in [7, 11) is 1.83. The van der Waals surface area contributed by atoms with Gasteiger partial charge in [-0.3, -0.25) is 4.98 Å². The Bertz CT molecular complexity index is 622. The number of methoxy groups -OCH3 is 1. The van der Waals surface area contributed by atoms with Crippen molar-refractivity contribution in [1.82, 2.24) is 10.3 Å². The van der Waals surface area contributed by atoms with E-state index >= 15 is 0 Å². The summed E-state index contributed by atoms with van der Waals surface area (Å²) in [6.45, 7) is 5.13. The van der Waals surface area contributed by atoms with E-state index in [0.717, 1.165) is 17.8 Å². The quantitative estimate of drug-likeness (QED) is 0.879. The molecule has 3 heteroatoms. The molecular weight excluding hydrogens is 260 g/mol. The zero-order chi connectivity index (χ0) is 14.8. The smallest absolute Gasteiger partial charge is 0.0794 e. The van der Waals surface area contributed by atoms with Gasteiger partial charge in [0.05, 0.1) is 17.7 Å². The van der Waals surface area contributed by atoms with Crippen molar-refractivity contribution in [3.63, 3.8) is 0 Å². The Balaban J connectivity index is 1.96. The number of fused-ring (bicyclic) bond motifs is 1. The molecule has 1 saturated carbocycles. The van der Waals surface area contributed by atoms with Crippen molar-refractivity contribution in [2.24, 2.45) is 5.92 Å². The van der Waals surface area contributed by atoms with Crippen LogP contribution in [0.3, 0.4) is 0 Å². The lowest BCUT2D eigenvalue weighted by atomic mass is 9.96. The molecule has 0 bridgehead atoms. The molecule has 2 aromatic rings. The van der Waals surface area contributed by atoms with E-state index in [0.29, 0.717) is 5.92 Å². The van der Waals surface area contributed by atoms with E-state index < -0.39 is 0 Å². The Hall–Kier alpha value is -1.45. The molecule has 1 aliphatic rings. The van der Waals surface area contributed by atoms with Crippen LogP contribution in [-0.4, -0.2) is 24.7 Å². The number of benzene rings is 1. The van der Waals surface area contributed by atoms with Crippen LogP contribution in [0.5, 0.6) is 0 Å². The molecule has 3 nitrogen and oxygen atoms in total. The SMILES string of the molecule is CCNC(c1ccc2nc(C)ccc2c1)C(OC)C1CC1. The van der Waals surface area contributed by atoms with Crippen molar-refractivity contribution in [2.45, 2.75) is 38.8 Å². The first kappa shape index (κ1) is 14.5. The van der Waals surface area contributed by atoms with E-state index in [1.807, 2.05) is 14.0 Å². The van der Waals surface area contributed by atoms with Gasteiger partial charge in [-0.15, -0.1) is 0 Å². The molecule has 1 aromatic heterocycles. The van der Waals surface area contributed by atoms with Gasteiger partial charge in [0.15, 0.2) is 0 Å². The third-order valence-electron chi connectivity index (χ3n) is 4.32. The van der Waals surface area contributed by atoms with E-state index in [4.69, 9.17) is 4.74 Å². The van der Waals surface area contributed by atoms with Gasteiger partial charge >= 0.3 is 0 Å². The molecule has 1 aromatic carbocycles. The normalized spacial score (nSPS) is 17.9. The Labute approximate surface area is 126 Å². The number of likely N-dealkylation sites (N-methyl/N-ethyl adjacent to an activating group) is 1. The number of rotatable bonds is 6. The van der Waals surface area contributed by atoms with Gasteiger partial charge in [-0.25, -0.2) is 0 Å². The topological polar surface area (TPSA) is 34.2 Å². The van der Waals surface area contributed by atoms with Crippen LogP contribution in [0.1, 0.15) is 37.1 Å². The van der Waals surface area contributed by atoms with Gasteiger partial charge < -0.3 is 10.1 Å². The maximum atomic E-state index is 5.80. The van der Waals surface area contributed by atoms with Crippen molar-refractivity contribution in [1.29, 1.82) is 0 Å². The minimum atomic E-state index is 0.262. The number of aromatic nitrogens is 1. The molecule has 21 heavy (non-hydrogen) atoms. The van der Waals surface area contributed by atoms with Gasteiger partial charge in [0, 0.05) is 18.2 Å². The monoisotopic (exact) mass is 284 g/mol. The Morgan fingerprint density at radius 1 is 1.29 bits per heavy atom. The summed E-state index contributed by atoms with van der Waals surface area (Å²) in [5.74, 6) is 0.700. The summed E-state index contributed by atoms with van der Waals surface area (Å²) in [4.78, 5) is 4.58. The third-order valence-corrected chi connectivity index (χ3v) is 4.32. The first-order valence-electron chi connectivity index (χ1n) is 7.86. The highest BCUT2D eigenvalue weighted by atomic mass is 16.5. The molecule has 3 rings (SSSR count). The first-order valence-corrected chi connectivity index (χ1v) is 7.86. The molecule has 1 aliphatic carbocycles. The summed E-state index contributed by atoms with van der Waals surface area (Å²) in [5, 5.41) is 4.80. The maximum Gasteiger partial charge on any atom is 0.0794 e. The highest BCUT2D eigenvalue weighted by Crippen LogP contribution is 2.40. The molecule has 1 fully saturated rings. The molecule has 0 aliphatic heterocycles.